The van der Waals surface area contributed by atoms with Gasteiger partial charge in [-0.25, -0.2) is 9.52 Å². The Morgan fingerprint density at radius 3 is 2.32 bits per heavy atom. The summed E-state index contributed by atoms with van der Waals surface area (Å²) in [4.78, 5) is 12.8. The van der Waals surface area contributed by atoms with Gasteiger partial charge in [0, 0.05) is 23.2 Å². The summed E-state index contributed by atoms with van der Waals surface area (Å²) >= 11 is 0. The second-order valence-corrected chi connectivity index (χ2v) is 10.1. The summed E-state index contributed by atoms with van der Waals surface area (Å²) in [6.45, 7) is 1.60. The maximum absolute atomic E-state index is 13.0. The van der Waals surface area contributed by atoms with Crippen molar-refractivity contribution < 1.29 is 22.8 Å². The molecule has 0 bridgehead atoms. The predicted octanol–water partition coefficient (Wildman–Crippen LogP) is 3.59. The van der Waals surface area contributed by atoms with Gasteiger partial charge in [0.15, 0.2) is 0 Å². The van der Waals surface area contributed by atoms with E-state index in [0.717, 1.165) is 55.3 Å². The van der Waals surface area contributed by atoms with Gasteiger partial charge in [-0.1, -0.05) is 11.2 Å². The van der Waals surface area contributed by atoms with Gasteiger partial charge in [0.05, 0.1) is 5.71 Å². The molecule has 2 aromatic rings. The highest BCUT2D eigenvalue weighted by Gasteiger charge is 2.33. The summed E-state index contributed by atoms with van der Waals surface area (Å²) in [6.07, 6.45) is 7.64. The SMILES string of the molecule is Cc1c(S(=O)(=O)NC(=O)Nc2c3c(cc4c2CCC4)CCC3)oc2c1/C(=N\O)CCC2. The molecule has 164 valence electrons. The Hall–Kier alpha value is -2.81. The van der Waals surface area contributed by atoms with Crippen LogP contribution in [0.25, 0.3) is 0 Å². The van der Waals surface area contributed by atoms with Crippen LogP contribution in [0.4, 0.5) is 10.5 Å². The van der Waals surface area contributed by atoms with E-state index in [1.807, 2.05) is 0 Å². The quantitative estimate of drug-likeness (QED) is 0.494. The third kappa shape index (κ3) is 3.31. The highest BCUT2D eigenvalue weighted by molar-refractivity contribution is 7.90. The van der Waals surface area contributed by atoms with Crippen molar-refractivity contribution in [1.29, 1.82) is 0 Å². The highest BCUT2D eigenvalue weighted by Crippen LogP contribution is 2.38. The molecule has 0 saturated heterocycles. The number of sulfonamides is 1. The Morgan fingerprint density at radius 1 is 1.03 bits per heavy atom. The molecule has 0 fully saturated rings. The lowest BCUT2D eigenvalue weighted by Gasteiger charge is -2.16. The Kier molecular flexibility index (Phi) is 4.80. The van der Waals surface area contributed by atoms with Crippen LogP contribution >= 0.6 is 0 Å². The van der Waals surface area contributed by atoms with E-state index in [-0.39, 0.29) is 5.09 Å². The maximum Gasteiger partial charge on any atom is 0.333 e. The zero-order chi connectivity index (χ0) is 21.8. The van der Waals surface area contributed by atoms with Gasteiger partial charge in [-0.05, 0) is 80.5 Å². The largest absolute Gasteiger partial charge is 0.447 e. The van der Waals surface area contributed by atoms with Gasteiger partial charge in [-0.3, -0.25) is 0 Å². The number of hydrogen-bond acceptors (Lipinski definition) is 6. The number of furan rings is 1. The molecule has 1 aromatic carbocycles. The van der Waals surface area contributed by atoms with Crippen LogP contribution in [0.2, 0.25) is 0 Å². The number of fused-ring (bicyclic) bond motifs is 3. The number of nitrogens with zero attached hydrogens (tertiary/aromatic N) is 1. The third-order valence-electron chi connectivity index (χ3n) is 6.59. The molecule has 31 heavy (non-hydrogen) atoms. The monoisotopic (exact) mass is 443 g/mol. The molecule has 0 unspecified atom stereocenters. The Labute approximate surface area is 180 Å². The van der Waals surface area contributed by atoms with Crippen LogP contribution in [0.3, 0.4) is 0 Å². The lowest BCUT2D eigenvalue weighted by atomic mass is 9.94. The first-order chi connectivity index (χ1) is 14.9. The van der Waals surface area contributed by atoms with E-state index >= 15 is 0 Å². The van der Waals surface area contributed by atoms with Crippen molar-refractivity contribution >= 4 is 27.5 Å². The zero-order valence-corrected chi connectivity index (χ0v) is 18.2. The average Bonchev–Trinajstić information content (AvgIpc) is 3.46. The number of urea groups is 1. The number of carbonyl (C=O) groups excluding carboxylic acids is 1. The van der Waals surface area contributed by atoms with Crippen LogP contribution in [0, 0.1) is 6.92 Å². The minimum Gasteiger partial charge on any atom is -0.447 e. The summed E-state index contributed by atoms with van der Waals surface area (Å²) in [5, 5.41) is 15.1. The van der Waals surface area contributed by atoms with E-state index in [4.69, 9.17) is 4.42 Å². The number of oxime groups is 1. The van der Waals surface area contributed by atoms with Gasteiger partial charge in [-0.15, -0.1) is 0 Å². The molecule has 0 atom stereocenters. The van der Waals surface area contributed by atoms with Gasteiger partial charge in [0.25, 0.3) is 10.0 Å². The number of rotatable bonds is 3. The number of nitrogens with one attached hydrogen (secondary N) is 2. The first-order valence-electron chi connectivity index (χ1n) is 10.7. The molecule has 0 spiro atoms. The van der Waals surface area contributed by atoms with Gasteiger partial charge >= 0.3 is 6.03 Å². The standard InChI is InChI=1S/C22H25N3O5S/c1-12-19-17(24-27)9-4-10-18(19)30-21(12)31(28,29)25-22(26)23-20-15-7-2-5-13(15)11-14-6-3-8-16(14)20/h11,27H,2-10H2,1H3,(H2,23,25,26)/b24-17-. The Bertz CT molecular complexity index is 1190. The molecule has 3 aliphatic carbocycles. The topological polar surface area (TPSA) is 121 Å². The normalized spacial score (nSPS) is 18.5. The average molecular weight is 444 g/mol. The second-order valence-electron chi connectivity index (χ2n) is 8.51. The smallest absolute Gasteiger partial charge is 0.333 e. The van der Waals surface area contributed by atoms with Crippen molar-refractivity contribution in [2.45, 2.75) is 69.8 Å². The number of amides is 2. The number of carbonyl (C=O) groups is 1. The minimum atomic E-state index is -4.23. The number of anilines is 1. The lowest BCUT2D eigenvalue weighted by Crippen LogP contribution is -2.35. The summed E-state index contributed by atoms with van der Waals surface area (Å²) in [5.74, 6) is 0.469. The van der Waals surface area contributed by atoms with E-state index in [1.165, 1.54) is 11.1 Å². The van der Waals surface area contributed by atoms with Crippen LogP contribution in [-0.4, -0.2) is 25.4 Å². The number of hydrogen-bond donors (Lipinski definition) is 3. The summed E-state index contributed by atoms with van der Waals surface area (Å²) < 4.78 is 33.7. The molecule has 2 amide bonds. The molecule has 1 heterocycles. The van der Waals surface area contributed by atoms with Crippen LogP contribution < -0.4 is 10.0 Å². The second kappa shape index (κ2) is 7.40. The van der Waals surface area contributed by atoms with Crippen LogP contribution in [0.15, 0.2) is 20.7 Å². The fourth-order valence-corrected chi connectivity index (χ4v) is 6.38. The Balaban J connectivity index is 1.43. The fraction of sp³-hybridized carbons (Fsp3) is 0.455. The van der Waals surface area contributed by atoms with E-state index in [9.17, 15) is 18.4 Å². The van der Waals surface area contributed by atoms with E-state index in [0.29, 0.717) is 41.9 Å². The molecule has 5 rings (SSSR count). The van der Waals surface area contributed by atoms with Crippen molar-refractivity contribution in [3.8, 4) is 0 Å². The molecule has 8 nitrogen and oxygen atoms in total. The van der Waals surface area contributed by atoms with Crippen molar-refractivity contribution in [2.75, 3.05) is 5.32 Å². The van der Waals surface area contributed by atoms with Gasteiger partial charge in [0.2, 0.25) is 5.09 Å². The predicted molar refractivity (Wildman–Crippen MR) is 115 cm³/mol. The first kappa shape index (κ1) is 20.1. The van der Waals surface area contributed by atoms with Crippen LogP contribution in [0.1, 0.15) is 64.8 Å². The summed E-state index contributed by atoms with van der Waals surface area (Å²) in [5.41, 5.74) is 6.82. The third-order valence-corrected chi connectivity index (χ3v) is 7.92. The van der Waals surface area contributed by atoms with Gasteiger partial charge in [0.1, 0.15) is 5.76 Å². The van der Waals surface area contributed by atoms with Crippen LogP contribution in [0.5, 0.6) is 0 Å². The van der Waals surface area contributed by atoms with Crippen molar-refractivity contribution in [2.24, 2.45) is 5.16 Å². The number of benzene rings is 1. The molecule has 9 heteroatoms. The molecule has 1 aromatic heterocycles. The summed E-state index contributed by atoms with van der Waals surface area (Å²) in [7, 11) is -4.23. The van der Waals surface area contributed by atoms with Crippen molar-refractivity contribution in [3.63, 3.8) is 0 Å². The maximum atomic E-state index is 13.0. The fourth-order valence-electron chi connectivity index (χ4n) is 5.28. The van der Waals surface area contributed by atoms with E-state index in [2.05, 4.69) is 21.3 Å². The minimum absolute atomic E-state index is 0.306. The number of aryl methyl sites for hydroxylation is 3. The lowest BCUT2D eigenvalue weighted by molar-refractivity contribution is 0.256. The molecule has 3 aliphatic rings. The van der Waals surface area contributed by atoms with Gasteiger partial charge in [-0.2, -0.15) is 8.42 Å². The van der Waals surface area contributed by atoms with Crippen molar-refractivity contribution in [1.82, 2.24) is 4.72 Å². The van der Waals surface area contributed by atoms with Crippen molar-refractivity contribution in [3.05, 3.63) is 45.2 Å². The molecule has 0 radical (unpaired) electrons. The molecule has 0 saturated carbocycles. The molecular formula is C22H25N3O5S. The Morgan fingerprint density at radius 2 is 1.68 bits per heavy atom. The molecular weight excluding hydrogens is 418 g/mol. The van der Waals surface area contributed by atoms with E-state index in [1.54, 1.807) is 6.92 Å². The summed E-state index contributed by atoms with van der Waals surface area (Å²) in [6, 6.07) is 1.46. The van der Waals surface area contributed by atoms with Crippen LogP contribution in [-0.2, 0) is 42.1 Å². The first-order valence-corrected chi connectivity index (χ1v) is 12.2. The molecule has 0 aliphatic heterocycles. The molecule has 3 N–H and O–H groups in total. The van der Waals surface area contributed by atoms with E-state index < -0.39 is 16.1 Å². The van der Waals surface area contributed by atoms with Gasteiger partial charge < -0.3 is 14.9 Å². The highest BCUT2D eigenvalue weighted by atomic mass is 32.2. The zero-order valence-electron chi connectivity index (χ0n) is 17.4.